The molecule has 7 aromatic carbocycles. The zero-order valence-corrected chi connectivity index (χ0v) is 26.4. The molecule has 2 heterocycles. The van der Waals surface area contributed by atoms with Gasteiger partial charge in [-0.25, -0.2) is 26.3 Å². The van der Waals surface area contributed by atoms with Gasteiger partial charge in [0.15, 0.2) is 0 Å². The molecule has 0 radical (unpaired) electrons. The van der Waals surface area contributed by atoms with E-state index in [1.807, 2.05) is 48.5 Å². The topological polar surface area (TPSA) is 13.1 Å². The van der Waals surface area contributed by atoms with Crippen molar-refractivity contribution < 1.29 is 26.3 Å². The lowest BCUT2D eigenvalue weighted by Crippen LogP contribution is -2.12. The molecule has 51 heavy (non-hydrogen) atoms. The lowest BCUT2D eigenvalue weighted by atomic mass is 10.1. The highest BCUT2D eigenvalue weighted by molar-refractivity contribution is 6.12. The van der Waals surface area contributed by atoms with Gasteiger partial charge in [0.1, 0.15) is 34.9 Å². The normalized spacial score (nSPS) is 11.7. The predicted octanol–water partition coefficient (Wildman–Crippen LogP) is 12.2. The molecule has 0 unspecified atom stereocenters. The van der Waals surface area contributed by atoms with Crippen LogP contribution in [0.15, 0.2) is 140 Å². The summed E-state index contributed by atoms with van der Waals surface area (Å²) in [5.41, 5.74) is 3.54. The van der Waals surface area contributed by atoms with Gasteiger partial charge >= 0.3 is 0 Å². The van der Waals surface area contributed by atoms with Crippen molar-refractivity contribution in [3.8, 4) is 11.4 Å². The fourth-order valence-electron chi connectivity index (χ4n) is 7.12. The minimum atomic E-state index is -0.816. The number of anilines is 3. The number of hydrogen-bond acceptors (Lipinski definition) is 1. The summed E-state index contributed by atoms with van der Waals surface area (Å²) in [6.45, 7) is 0. The van der Waals surface area contributed by atoms with Crippen LogP contribution in [0.4, 0.5) is 43.4 Å². The summed E-state index contributed by atoms with van der Waals surface area (Å²) >= 11 is 0. The van der Waals surface area contributed by atoms with Gasteiger partial charge < -0.3 is 14.0 Å². The van der Waals surface area contributed by atoms with E-state index < -0.39 is 34.9 Å². The number of para-hydroxylation sites is 2. The Kier molecular flexibility index (Phi) is 6.93. The van der Waals surface area contributed by atoms with E-state index in [0.29, 0.717) is 44.2 Å². The maximum absolute atomic E-state index is 15.8. The molecule has 9 aromatic rings. The van der Waals surface area contributed by atoms with Crippen LogP contribution in [0.2, 0.25) is 0 Å². The number of halogens is 6. The number of rotatable bonds is 5. The maximum Gasteiger partial charge on any atom is 0.150 e. The molecule has 0 bridgehead atoms. The van der Waals surface area contributed by atoms with Crippen LogP contribution in [-0.2, 0) is 0 Å². The summed E-state index contributed by atoms with van der Waals surface area (Å²) in [6, 6.07) is 35.1. The summed E-state index contributed by atoms with van der Waals surface area (Å²) < 4.78 is 92.5. The van der Waals surface area contributed by atoms with E-state index in [0.717, 1.165) is 53.2 Å². The highest BCUT2D eigenvalue weighted by atomic mass is 19.2. The fourth-order valence-corrected chi connectivity index (χ4v) is 7.12. The zero-order valence-electron chi connectivity index (χ0n) is 26.4. The molecule has 9 rings (SSSR count). The molecule has 0 amide bonds. The molecular formula is C42H23F6N3. The van der Waals surface area contributed by atoms with Gasteiger partial charge in [-0.1, -0.05) is 36.4 Å². The second kappa shape index (κ2) is 11.6. The van der Waals surface area contributed by atoms with Crippen LogP contribution in [0.3, 0.4) is 0 Å². The molecule has 9 heteroatoms. The van der Waals surface area contributed by atoms with Crippen LogP contribution in [0.5, 0.6) is 0 Å². The first kappa shape index (κ1) is 30.6. The van der Waals surface area contributed by atoms with E-state index in [4.69, 9.17) is 0 Å². The first-order valence-electron chi connectivity index (χ1n) is 16.0. The number of fused-ring (bicyclic) bond motifs is 6. The average Bonchev–Trinajstić information content (AvgIpc) is 3.64. The van der Waals surface area contributed by atoms with E-state index in [2.05, 4.69) is 0 Å². The molecule has 248 valence electrons. The second-order valence-electron chi connectivity index (χ2n) is 12.2. The fraction of sp³-hybridized carbons (Fsp3) is 0. The van der Waals surface area contributed by atoms with E-state index >= 15 is 13.2 Å². The number of benzene rings is 7. The molecule has 0 saturated carbocycles. The van der Waals surface area contributed by atoms with Crippen molar-refractivity contribution in [2.45, 2.75) is 0 Å². The summed E-state index contributed by atoms with van der Waals surface area (Å²) in [7, 11) is 0. The highest BCUT2D eigenvalue weighted by Crippen LogP contribution is 2.43. The summed E-state index contributed by atoms with van der Waals surface area (Å²) in [5, 5.41) is 2.85. The largest absolute Gasteiger partial charge is 0.308 e. The van der Waals surface area contributed by atoms with Crippen molar-refractivity contribution in [3.63, 3.8) is 0 Å². The molecule has 0 aliphatic carbocycles. The van der Waals surface area contributed by atoms with Gasteiger partial charge in [-0.3, -0.25) is 0 Å². The molecule has 0 N–H and O–H groups in total. The number of aromatic nitrogens is 2. The van der Waals surface area contributed by atoms with E-state index in [1.54, 1.807) is 50.4 Å². The summed E-state index contributed by atoms with van der Waals surface area (Å²) in [5.74, 6) is -3.97. The molecule has 0 atom stereocenters. The third kappa shape index (κ3) is 4.84. The van der Waals surface area contributed by atoms with Gasteiger partial charge in [0.2, 0.25) is 0 Å². The van der Waals surface area contributed by atoms with Crippen LogP contribution in [-0.4, -0.2) is 9.13 Å². The molecule has 2 aromatic heterocycles. The Hall–Kier alpha value is -6.48. The minimum Gasteiger partial charge on any atom is -0.308 e. The summed E-state index contributed by atoms with van der Waals surface area (Å²) in [6.07, 6.45) is 0. The molecule has 0 spiro atoms. The molecule has 0 aliphatic heterocycles. The van der Waals surface area contributed by atoms with Gasteiger partial charge in [0.05, 0.1) is 39.1 Å². The smallest absolute Gasteiger partial charge is 0.150 e. The minimum absolute atomic E-state index is 0.0342. The van der Waals surface area contributed by atoms with Gasteiger partial charge in [-0.05, 0) is 84.9 Å². The Bertz CT molecular complexity index is 2680. The number of hydrogen-bond donors (Lipinski definition) is 0. The molecule has 0 aliphatic rings. The van der Waals surface area contributed by atoms with Gasteiger partial charge in [0.25, 0.3) is 0 Å². The monoisotopic (exact) mass is 683 g/mol. The first-order chi connectivity index (χ1) is 24.8. The Labute approximate surface area is 286 Å². The standard InChI is InChI=1S/C42H23F6N3/c43-24-11-16-40(35(48)19-24)49(27-12-17-38-31(22-27)29-5-1-3-7-36(29)50(38)41-20-25(44)9-14-33(41)46)28-13-18-39-32(23-28)30-6-2-4-8-37(30)51(39)42-21-26(45)10-15-34(42)47/h1-23H. The lowest BCUT2D eigenvalue weighted by Gasteiger charge is -2.26. The number of nitrogens with zero attached hydrogens (tertiary/aromatic N) is 3. The van der Waals surface area contributed by atoms with Crippen molar-refractivity contribution in [1.82, 2.24) is 9.13 Å². The lowest BCUT2D eigenvalue weighted by molar-refractivity contribution is 0.584. The van der Waals surface area contributed by atoms with Crippen molar-refractivity contribution >= 4 is 60.7 Å². The molecule has 0 saturated heterocycles. The predicted molar refractivity (Wildman–Crippen MR) is 190 cm³/mol. The van der Waals surface area contributed by atoms with Gasteiger partial charge in [-0.2, -0.15) is 0 Å². The highest BCUT2D eigenvalue weighted by Gasteiger charge is 2.23. The Morgan fingerprint density at radius 2 is 0.784 bits per heavy atom. The first-order valence-corrected chi connectivity index (χ1v) is 16.0. The van der Waals surface area contributed by atoms with Crippen molar-refractivity contribution in [3.05, 3.63) is 174 Å². The van der Waals surface area contributed by atoms with E-state index in [-0.39, 0.29) is 17.1 Å². The van der Waals surface area contributed by atoms with E-state index in [9.17, 15) is 13.2 Å². The maximum atomic E-state index is 15.8. The van der Waals surface area contributed by atoms with Crippen LogP contribution in [0.1, 0.15) is 0 Å². The molecule has 3 nitrogen and oxygen atoms in total. The SMILES string of the molecule is Fc1ccc(N(c2ccc3c(c2)c2ccccc2n3-c2cc(F)ccc2F)c2ccc3c(c2)c2ccccc2n3-c2cc(F)ccc2F)c(F)c1. The van der Waals surface area contributed by atoms with Crippen LogP contribution >= 0.6 is 0 Å². The quantitative estimate of drug-likeness (QED) is 0.165. The Morgan fingerprint density at radius 1 is 0.353 bits per heavy atom. The van der Waals surface area contributed by atoms with E-state index in [1.165, 1.54) is 12.1 Å². The molecular weight excluding hydrogens is 660 g/mol. The Morgan fingerprint density at radius 3 is 1.27 bits per heavy atom. The van der Waals surface area contributed by atoms with Crippen LogP contribution in [0, 0.1) is 34.9 Å². The van der Waals surface area contributed by atoms with Gasteiger partial charge in [0, 0.05) is 51.1 Å². The van der Waals surface area contributed by atoms with Crippen LogP contribution < -0.4 is 4.90 Å². The Balaban J connectivity index is 1.31. The van der Waals surface area contributed by atoms with Crippen molar-refractivity contribution in [2.75, 3.05) is 4.90 Å². The van der Waals surface area contributed by atoms with Crippen molar-refractivity contribution in [2.24, 2.45) is 0 Å². The third-order valence-electron chi connectivity index (χ3n) is 9.28. The second-order valence-corrected chi connectivity index (χ2v) is 12.2. The average molecular weight is 684 g/mol. The summed E-state index contributed by atoms with van der Waals surface area (Å²) in [4.78, 5) is 1.64. The third-order valence-corrected chi connectivity index (χ3v) is 9.28. The zero-order chi connectivity index (χ0) is 35.0. The molecule has 0 fully saturated rings. The van der Waals surface area contributed by atoms with Crippen LogP contribution in [0.25, 0.3) is 55.0 Å². The van der Waals surface area contributed by atoms with Crippen molar-refractivity contribution in [1.29, 1.82) is 0 Å². The van der Waals surface area contributed by atoms with Gasteiger partial charge in [-0.15, -0.1) is 0 Å².